The van der Waals surface area contributed by atoms with E-state index in [1.54, 1.807) is 23.5 Å². The summed E-state index contributed by atoms with van der Waals surface area (Å²) < 4.78 is 0. The van der Waals surface area contributed by atoms with E-state index in [4.69, 9.17) is 11.6 Å². The molecule has 0 saturated carbocycles. The molecule has 2 aromatic rings. The number of aryl methyl sites for hydroxylation is 1. The van der Waals surface area contributed by atoms with Crippen LogP contribution >= 0.6 is 22.9 Å². The normalized spacial score (nSPS) is 10.4. The van der Waals surface area contributed by atoms with Crippen molar-refractivity contribution >= 4 is 28.8 Å². The molecule has 0 radical (unpaired) electrons. The molecule has 0 aliphatic heterocycles. The second-order valence-electron chi connectivity index (χ2n) is 3.99. The number of hydrogen-bond donors (Lipinski definition) is 1. The molecule has 3 nitrogen and oxygen atoms in total. The molecule has 0 aliphatic rings. The maximum absolute atomic E-state index is 11.9. The molecule has 2 heterocycles. The Morgan fingerprint density at radius 2 is 2.28 bits per heavy atom. The summed E-state index contributed by atoms with van der Waals surface area (Å²) in [5, 5.41) is 5.28. The number of aromatic nitrogens is 1. The number of amides is 1. The van der Waals surface area contributed by atoms with Crippen molar-refractivity contribution in [2.75, 3.05) is 0 Å². The van der Waals surface area contributed by atoms with Crippen LogP contribution in [-0.4, -0.2) is 10.9 Å². The monoisotopic (exact) mass is 280 g/mol. The number of pyridine rings is 1. The molecule has 1 amide bonds. The summed E-state index contributed by atoms with van der Waals surface area (Å²) in [6, 6.07) is 3.20. The minimum Gasteiger partial charge on any atom is -0.348 e. The van der Waals surface area contributed by atoms with E-state index in [1.807, 2.05) is 0 Å². The maximum Gasteiger partial charge on any atom is 0.251 e. The predicted octanol–water partition coefficient (Wildman–Crippen LogP) is 3.34. The average molecular weight is 281 g/mol. The standard InChI is InChI=1S/C13H13ClN2OS/c1-8-9(2)18-7-11(8)6-16-13(17)10-3-4-15-12(14)5-10/h3-5,7H,6H2,1-2H3,(H,16,17). The largest absolute Gasteiger partial charge is 0.348 e. The second-order valence-corrected chi connectivity index (χ2v) is 5.46. The molecule has 1 N–H and O–H groups in total. The number of nitrogens with one attached hydrogen (secondary N) is 1. The molecule has 0 fully saturated rings. The van der Waals surface area contributed by atoms with Crippen LogP contribution in [0.25, 0.3) is 0 Å². The van der Waals surface area contributed by atoms with E-state index in [0.29, 0.717) is 17.3 Å². The van der Waals surface area contributed by atoms with Crippen LogP contribution in [0.4, 0.5) is 0 Å². The van der Waals surface area contributed by atoms with Crippen LogP contribution in [-0.2, 0) is 6.54 Å². The van der Waals surface area contributed by atoms with Gasteiger partial charge < -0.3 is 5.32 Å². The Kier molecular flexibility index (Phi) is 3.99. The van der Waals surface area contributed by atoms with Crippen LogP contribution in [0.2, 0.25) is 5.15 Å². The van der Waals surface area contributed by atoms with Crippen LogP contribution in [0.15, 0.2) is 23.7 Å². The fraction of sp³-hybridized carbons (Fsp3) is 0.231. The summed E-state index contributed by atoms with van der Waals surface area (Å²) in [5.74, 6) is -0.137. The van der Waals surface area contributed by atoms with Crippen molar-refractivity contribution in [3.63, 3.8) is 0 Å². The molecular formula is C13H13ClN2OS. The first-order chi connectivity index (χ1) is 8.58. The number of halogens is 1. The summed E-state index contributed by atoms with van der Waals surface area (Å²) in [6.07, 6.45) is 1.53. The number of nitrogens with zero attached hydrogens (tertiary/aromatic N) is 1. The third-order valence-electron chi connectivity index (χ3n) is 2.82. The molecule has 0 aliphatic carbocycles. The molecule has 18 heavy (non-hydrogen) atoms. The summed E-state index contributed by atoms with van der Waals surface area (Å²) in [5.41, 5.74) is 2.93. The highest BCUT2D eigenvalue weighted by atomic mass is 35.5. The zero-order valence-corrected chi connectivity index (χ0v) is 11.7. The second kappa shape index (κ2) is 5.50. The molecule has 0 aromatic carbocycles. The zero-order chi connectivity index (χ0) is 13.1. The first kappa shape index (κ1) is 13.1. The van der Waals surface area contributed by atoms with E-state index in [9.17, 15) is 4.79 Å². The van der Waals surface area contributed by atoms with Gasteiger partial charge in [-0.3, -0.25) is 4.79 Å². The lowest BCUT2D eigenvalue weighted by atomic mass is 10.2. The van der Waals surface area contributed by atoms with E-state index in [2.05, 4.69) is 29.5 Å². The van der Waals surface area contributed by atoms with E-state index in [0.717, 1.165) is 5.56 Å². The SMILES string of the molecule is Cc1scc(CNC(=O)c2ccnc(Cl)c2)c1C. The minimum absolute atomic E-state index is 0.137. The molecule has 0 unspecified atom stereocenters. The van der Waals surface area contributed by atoms with E-state index in [1.165, 1.54) is 16.6 Å². The highest BCUT2D eigenvalue weighted by Crippen LogP contribution is 2.20. The molecule has 5 heteroatoms. The smallest absolute Gasteiger partial charge is 0.251 e. The molecule has 0 atom stereocenters. The summed E-state index contributed by atoms with van der Waals surface area (Å²) in [6.45, 7) is 4.68. The Balaban J connectivity index is 2.03. The fourth-order valence-corrected chi connectivity index (χ4v) is 2.62. The number of hydrogen-bond acceptors (Lipinski definition) is 3. The topological polar surface area (TPSA) is 42.0 Å². The first-order valence-corrected chi connectivity index (χ1v) is 6.77. The highest BCUT2D eigenvalue weighted by Gasteiger charge is 2.08. The summed E-state index contributed by atoms with van der Waals surface area (Å²) in [7, 11) is 0. The number of carbonyl (C=O) groups excluding carboxylic acids is 1. The third-order valence-corrected chi connectivity index (χ3v) is 4.08. The van der Waals surface area contributed by atoms with Crippen molar-refractivity contribution in [2.24, 2.45) is 0 Å². The summed E-state index contributed by atoms with van der Waals surface area (Å²) in [4.78, 5) is 17.0. The Morgan fingerprint density at radius 1 is 1.50 bits per heavy atom. The molecule has 2 rings (SSSR count). The van der Waals surface area contributed by atoms with Gasteiger partial charge in [0.25, 0.3) is 5.91 Å². The van der Waals surface area contributed by atoms with Crippen molar-refractivity contribution < 1.29 is 4.79 Å². The van der Waals surface area contributed by atoms with Crippen molar-refractivity contribution in [1.29, 1.82) is 0 Å². The molecule has 2 aromatic heterocycles. The van der Waals surface area contributed by atoms with Gasteiger partial charge in [0.1, 0.15) is 5.15 Å². The van der Waals surface area contributed by atoms with E-state index >= 15 is 0 Å². The van der Waals surface area contributed by atoms with Crippen LogP contribution < -0.4 is 5.32 Å². The quantitative estimate of drug-likeness (QED) is 0.876. The molecule has 0 spiro atoms. The summed E-state index contributed by atoms with van der Waals surface area (Å²) >= 11 is 7.44. The predicted molar refractivity (Wildman–Crippen MR) is 74.2 cm³/mol. The van der Waals surface area contributed by atoms with Gasteiger partial charge in [-0.15, -0.1) is 11.3 Å². The van der Waals surface area contributed by atoms with Crippen LogP contribution in [0.3, 0.4) is 0 Å². The Morgan fingerprint density at radius 3 is 2.89 bits per heavy atom. The maximum atomic E-state index is 11.9. The average Bonchev–Trinajstić information content (AvgIpc) is 2.67. The van der Waals surface area contributed by atoms with Crippen molar-refractivity contribution in [3.05, 3.63) is 50.4 Å². The molecule has 0 saturated heterocycles. The van der Waals surface area contributed by atoms with Gasteiger partial charge >= 0.3 is 0 Å². The van der Waals surface area contributed by atoms with Crippen molar-refractivity contribution in [2.45, 2.75) is 20.4 Å². The van der Waals surface area contributed by atoms with Gasteiger partial charge in [-0.25, -0.2) is 4.98 Å². The molecular weight excluding hydrogens is 268 g/mol. The van der Waals surface area contributed by atoms with Gasteiger partial charge in [-0.2, -0.15) is 0 Å². The van der Waals surface area contributed by atoms with Gasteiger partial charge in [0.2, 0.25) is 0 Å². The first-order valence-electron chi connectivity index (χ1n) is 5.51. The lowest BCUT2D eigenvalue weighted by molar-refractivity contribution is 0.0951. The lowest BCUT2D eigenvalue weighted by Crippen LogP contribution is -2.22. The van der Waals surface area contributed by atoms with Gasteiger partial charge in [-0.1, -0.05) is 11.6 Å². The molecule has 94 valence electrons. The van der Waals surface area contributed by atoms with E-state index in [-0.39, 0.29) is 5.91 Å². The van der Waals surface area contributed by atoms with E-state index < -0.39 is 0 Å². The lowest BCUT2D eigenvalue weighted by Gasteiger charge is -2.05. The van der Waals surface area contributed by atoms with Crippen molar-refractivity contribution in [1.82, 2.24) is 10.3 Å². The fourth-order valence-electron chi connectivity index (χ4n) is 1.56. The van der Waals surface area contributed by atoms with Gasteiger partial charge in [0.15, 0.2) is 0 Å². The Bertz CT molecular complexity index is 580. The number of thiophene rings is 1. The Labute approximate surface area is 115 Å². The highest BCUT2D eigenvalue weighted by molar-refractivity contribution is 7.10. The van der Waals surface area contributed by atoms with Gasteiger partial charge in [0, 0.05) is 23.2 Å². The Hall–Kier alpha value is -1.39. The van der Waals surface area contributed by atoms with Crippen LogP contribution in [0.5, 0.6) is 0 Å². The van der Waals surface area contributed by atoms with Gasteiger partial charge in [0.05, 0.1) is 0 Å². The third kappa shape index (κ3) is 2.89. The molecule has 0 bridgehead atoms. The van der Waals surface area contributed by atoms with Gasteiger partial charge in [-0.05, 0) is 42.5 Å². The van der Waals surface area contributed by atoms with Crippen LogP contribution in [0, 0.1) is 13.8 Å². The van der Waals surface area contributed by atoms with Crippen LogP contribution in [0.1, 0.15) is 26.4 Å². The van der Waals surface area contributed by atoms with Crippen molar-refractivity contribution in [3.8, 4) is 0 Å². The zero-order valence-electron chi connectivity index (χ0n) is 10.2. The number of rotatable bonds is 3. The number of carbonyl (C=O) groups is 1. The minimum atomic E-state index is -0.137.